The normalized spacial score (nSPS) is 13.2. The summed E-state index contributed by atoms with van der Waals surface area (Å²) in [5.74, 6) is 0.244. The quantitative estimate of drug-likeness (QED) is 0.767. The minimum absolute atomic E-state index is 0.244. The molecule has 0 spiro atoms. The van der Waals surface area contributed by atoms with Gasteiger partial charge < -0.3 is 10.8 Å². The lowest BCUT2D eigenvalue weighted by Crippen LogP contribution is -2.11. The first-order valence-corrected chi connectivity index (χ1v) is 5.12. The summed E-state index contributed by atoms with van der Waals surface area (Å²) in [6, 6.07) is 7.96. The van der Waals surface area contributed by atoms with Crippen LogP contribution in [-0.4, -0.2) is 11.7 Å². The van der Waals surface area contributed by atoms with Gasteiger partial charge in [0.25, 0.3) is 0 Å². The van der Waals surface area contributed by atoms with Gasteiger partial charge in [-0.25, -0.2) is 0 Å². The van der Waals surface area contributed by atoms with E-state index in [1.165, 1.54) is 0 Å². The second kappa shape index (κ2) is 5.13. The Hall–Kier alpha value is -0.860. The zero-order valence-corrected chi connectivity index (χ0v) is 8.90. The molecule has 0 aliphatic rings. The monoisotopic (exact) mass is 193 g/mol. The van der Waals surface area contributed by atoms with Crippen LogP contribution in [0.25, 0.3) is 0 Å². The number of hydrogen-bond acceptors (Lipinski definition) is 2. The largest absolute Gasteiger partial charge is 0.388 e. The number of hydrogen-bond donors (Lipinski definition) is 2. The highest BCUT2D eigenvalue weighted by Gasteiger charge is 2.14. The highest BCUT2D eigenvalue weighted by Crippen LogP contribution is 2.24. The zero-order chi connectivity index (χ0) is 10.6. The van der Waals surface area contributed by atoms with Crippen LogP contribution in [0.4, 0.5) is 0 Å². The van der Waals surface area contributed by atoms with E-state index in [4.69, 9.17) is 5.73 Å². The smallest absolute Gasteiger partial charge is 0.0815 e. The predicted molar refractivity (Wildman–Crippen MR) is 59.0 cm³/mol. The second-order valence-electron chi connectivity index (χ2n) is 3.93. The molecule has 0 aliphatic carbocycles. The molecule has 0 saturated carbocycles. The van der Waals surface area contributed by atoms with E-state index in [-0.39, 0.29) is 12.0 Å². The summed E-state index contributed by atoms with van der Waals surface area (Å²) in [7, 11) is 0. The zero-order valence-electron chi connectivity index (χ0n) is 8.90. The van der Waals surface area contributed by atoms with Gasteiger partial charge >= 0.3 is 0 Å². The topological polar surface area (TPSA) is 46.2 Å². The van der Waals surface area contributed by atoms with Crippen LogP contribution < -0.4 is 5.73 Å². The SMILES string of the molecule is CC(C)C(O)c1ccccc1CCN. The molecule has 0 aromatic heterocycles. The average molecular weight is 193 g/mol. The van der Waals surface area contributed by atoms with E-state index in [1.807, 2.05) is 38.1 Å². The van der Waals surface area contributed by atoms with E-state index < -0.39 is 0 Å². The Balaban J connectivity index is 2.94. The van der Waals surface area contributed by atoms with Gasteiger partial charge in [0.2, 0.25) is 0 Å². The van der Waals surface area contributed by atoms with E-state index >= 15 is 0 Å². The lowest BCUT2D eigenvalue weighted by Gasteiger charge is -2.18. The molecule has 78 valence electrons. The van der Waals surface area contributed by atoms with Gasteiger partial charge in [0.1, 0.15) is 0 Å². The molecular formula is C12H19NO. The predicted octanol–water partition coefficient (Wildman–Crippen LogP) is 1.88. The van der Waals surface area contributed by atoms with Crippen molar-refractivity contribution in [2.24, 2.45) is 11.7 Å². The summed E-state index contributed by atoms with van der Waals surface area (Å²) in [5.41, 5.74) is 7.71. The van der Waals surface area contributed by atoms with Gasteiger partial charge in [-0.3, -0.25) is 0 Å². The minimum Gasteiger partial charge on any atom is -0.388 e. The number of aliphatic hydroxyl groups excluding tert-OH is 1. The molecule has 0 amide bonds. The summed E-state index contributed by atoms with van der Waals surface area (Å²) in [5, 5.41) is 9.96. The van der Waals surface area contributed by atoms with E-state index in [1.54, 1.807) is 0 Å². The third-order valence-electron chi connectivity index (χ3n) is 2.42. The fourth-order valence-electron chi connectivity index (χ4n) is 1.57. The lowest BCUT2D eigenvalue weighted by molar-refractivity contribution is 0.126. The van der Waals surface area contributed by atoms with E-state index in [9.17, 15) is 5.11 Å². The summed E-state index contributed by atoms with van der Waals surface area (Å²) in [6.45, 7) is 4.66. The molecule has 14 heavy (non-hydrogen) atoms. The average Bonchev–Trinajstić information content (AvgIpc) is 2.18. The second-order valence-corrected chi connectivity index (χ2v) is 3.93. The van der Waals surface area contributed by atoms with Gasteiger partial charge in [0.05, 0.1) is 6.10 Å². The Kier molecular flexibility index (Phi) is 4.11. The summed E-state index contributed by atoms with van der Waals surface area (Å²) in [4.78, 5) is 0. The van der Waals surface area contributed by atoms with Crippen molar-refractivity contribution in [2.45, 2.75) is 26.4 Å². The van der Waals surface area contributed by atoms with Crippen molar-refractivity contribution in [2.75, 3.05) is 6.54 Å². The molecule has 1 aromatic rings. The minimum atomic E-state index is -0.377. The van der Waals surface area contributed by atoms with Gasteiger partial charge in [0.15, 0.2) is 0 Å². The Morgan fingerprint density at radius 2 is 1.93 bits per heavy atom. The third-order valence-corrected chi connectivity index (χ3v) is 2.42. The van der Waals surface area contributed by atoms with Gasteiger partial charge in [-0.1, -0.05) is 38.1 Å². The van der Waals surface area contributed by atoms with Crippen molar-refractivity contribution < 1.29 is 5.11 Å². The molecule has 0 aliphatic heterocycles. The Morgan fingerprint density at radius 3 is 2.50 bits per heavy atom. The molecule has 2 nitrogen and oxygen atoms in total. The number of nitrogens with two attached hydrogens (primary N) is 1. The molecule has 3 N–H and O–H groups in total. The van der Waals surface area contributed by atoms with Crippen molar-refractivity contribution in [1.82, 2.24) is 0 Å². The maximum atomic E-state index is 9.96. The fraction of sp³-hybridized carbons (Fsp3) is 0.500. The lowest BCUT2D eigenvalue weighted by atomic mass is 9.93. The molecule has 1 aromatic carbocycles. The van der Waals surface area contributed by atoms with Crippen LogP contribution in [0, 0.1) is 5.92 Å². The van der Waals surface area contributed by atoms with Crippen LogP contribution in [-0.2, 0) is 6.42 Å². The summed E-state index contributed by atoms with van der Waals surface area (Å²) >= 11 is 0. The summed E-state index contributed by atoms with van der Waals surface area (Å²) < 4.78 is 0. The van der Waals surface area contributed by atoms with Crippen molar-refractivity contribution in [3.63, 3.8) is 0 Å². The third kappa shape index (κ3) is 2.56. The molecule has 1 rings (SSSR count). The van der Waals surface area contributed by atoms with Crippen molar-refractivity contribution in [3.8, 4) is 0 Å². The van der Waals surface area contributed by atoms with Gasteiger partial charge in [-0.2, -0.15) is 0 Å². The maximum absolute atomic E-state index is 9.96. The molecule has 0 bridgehead atoms. The van der Waals surface area contributed by atoms with Crippen molar-refractivity contribution in [3.05, 3.63) is 35.4 Å². The summed E-state index contributed by atoms with van der Waals surface area (Å²) in [6.07, 6.45) is 0.456. The molecule has 1 atom stereocenters. The van der Waals surface area contributed by atoms with Gasteiger partial charge in [0, 0.05) is 0 Å². The first-order valence-electron chi connectivity index (χ1n) is 5.12. The molecule has 0 radical (unpaired) electrons. The molecule has 0 fully saturated rings. The first-order chi connectivity index (χ1) is 6.66. The maximum Gasteiger partial charge on any atom is 0.0815 e. The van der Waals surface area contributed by atoms with Gasteiger partial charge in [-0.05, 0) is 30.0 Å². The van der Waals surface area contributed by atoms with Crippen LogP contribution in [0.15, 0.2) is 24.3 Å². The Morgan fingerprint density at radius 1 is 1.29 bits per heavy atom. The van der Waals surface area contributed by atoms with Crippen molar-refractivity contribution >= 4 is 0 Å². The van der Waals surface area contributed by atoms with E-state index in [2.05, 4.69) is 0 Å². The standard InChI is InChI=1S/C12H19NO/c1-9(2)12(14)11-6-4-3-5-10(11)7-8-13/h3-6,9,12,14H,7-8,13H2,1-2H3. The van der Waals surface area contributed by atoms with Crippen molar-refractivity contribution in [1.29, 1.82) is 0 Å². The number of rotatable bonds is 4. The number of benzene rings is 1. The van der Waals surface area contributed by atoms with Crippen LogP contribution in [0.5, 0.6) is 0 Å². The molecule has 1 unspecified atom stereocenters. The van der Waals surface area contributed by atoms with Crippen LogP contribution in [0.2, 0.25) is 0 Å². The van der Waals surface area contributed by atoms with E-state index in [0.717, 1.165) is 17.5 Å². The Bertz CT molecular complexity index is 283. The highest BCUT2D eigenvalue weighted by molar-refractivity contribution is 5.29. The Labute approximate surface area is 85.8 Å². The molecule has 2 heteroatoms. The van der Waals surface area contributed by atoms with Crippen LogP contribution in [0.1, 0.15) is 31.1 Å². The van der Waals surface area contributed by atoms with E-state index in [0.29, 0.717) is 6.54 Å². The van der Waals surface area contributed by atoms with Crippen LogP contribution in [0.3, 0.4) is 0 Å². The highest BCUT2D eigenvalue weighted by atomic mass is 16.3. The van der Waals surface area contributed by atoms with Gasteiger partial charge in [-0.15, -0.1) is 0 Å². The first kappa shape index (κ1) is 11.2. The van der Waals surface area contributed by atoms with Crippen LogP contribution >= 0.6 is 0 Å². The molecule has 0 saturated heterocycles. The number of aliphatic hydroxyl groups is 1. The fourth-order valence-corrected chi connectivity index (χ4v) is 1.57. The molecule has 0 heterocycles. The molecular weight excluding hydrogens is 174 g/mol.